The first kappa shape index (κ1) is 19.9. The Morgan fingerprint density at radius 3 is 2.42 bits per heavy atom. The van der Waals surface area contributed by atoms with Gasteiger partial charge in [-0.25, -0.2) is 4.39 Å². The Hall–Kier alpha value is -2.38. The standard InChI is InChI=1S/C19H21FN2O3S/c1-19(25-2,13-8-4-5-9-14(13)20)12-21-17(23)18(24)22-15-10-6-7-11-16(15)26-3/h4-11H,12H2,1-3H3,(H,21,23)(H,22,24). The van der Waals surface area contributed by atoms with Gasteiger partial charge in [0, 0.05) is 17.6 Å². The van der Waals surface area contributed by atoms with E-state index in [1.165, 1.54) is 24.9 Å². The molecule has 2 N–H and O–H groups in total. The first-order valence-electron chi connectivity index (χ1n) is 7.93. The zero-order valence-electron chi connectivity index (χ0n) is 14.8. The number of methoxy groups -OCH3 is 1. The van der Waals surface area contributed by atoms with E-state index in [1.54, 1.807) is 37.3 Å². The number of hydrogen-bond acceptors (Lipinski definition) is 4. The van der Waals surface area contributed by atoms with Gasteiger partial charge in [0.05, 0.1) is 12.2 Å². The summed E-state index contributed by atoms with van der Waals surface area (Å²) in [7, 11) is 1.42. The molecule has 7 heteroatoms. The summed E-state index contributed by atoms with van der Waals surface area (Å²) in [5.41, 5.74) is -0.238. The van der Waals surface area contributed by atoms with E-state index in [4.69, 9.17) is 4.74 Å². The van der Waals surface area contributed by atoms with E-state index < -0.39 is 23.2 Å². The molecule has 1 unspecified atom stereocenters. The molecule has 0 saturated carbocycles. The fourth-order valence-electron chi connectivity index (χ4n) is 2.42. The normalized spacial score (nSPS) is 12.9. The van der Waals surface area contributed by atoms with Crippen LogP contribution in [0.25, 0.3) is 0 Å². The van der Waals surface area contributed by atoms with E-state index >= 15 is 0 Å². The van der Waals surface area contributed by atoms with Crippen molar-refractivity contribution in [2.45, 2.75) is 17.4 Å². The molecule has 2 aromatic rings. The van der Waals surface area contributed by atoms with Gasteiger partial charge >= 0.3 is 11.8 Å². The maximum atomic E-state index is 14.1. The average molecular weight is 376 g/mol. The molecule has 5 nitrogen and oxygen atoms in total. The second-order valence-corrected chi connectivity index (χ2v) is 6.60. The number of carbonyl (C=O) groups excluding carboxylic acids is 2. The molecule has 0 heterocycles. The minimum atomic E-state index is -1.10. The number of nitrogens with one attached hydrogen (secondary N) is 2. The molecule has 0 radical (unpaired) electrons. The van der Waals surface area contributed by atoms with Crippen LogP contribution in [0.3, 0.4) is 0 Å². The molecule has 0 aliphatic carbocycles. The van der Waals surface area contributed by atoms with Crippen LogP contribution in [0.1, 0.15) is 12.5 Å². The number of halogens is 1. The highest BCUT2D eigenvalue weighted by Gasteiger charge is 2.30. The fraction of sp³-hybridized carbons (Fsp3) is 0.263. The predicted molar refractivity (Wildman–Crippen MR) is 101 cm³/mol. The Labute approximate surface area is 156 Å². The van der Waals surface area contributed by atoms with Gasteiger partial charge in [0.2, 0.25) is 0 Å². The van der Waals surface area contributed by atoms with Gasteiger partial charge in [0.25, 0.3) is 0 Å². The van der Waals surface area contributed by atoms with E-state index in [-0.39, 0.29) is 6.54 Å². The molecule has 138 valence electrons. The van der Waals surface area contributed by atoms with Crippen LogP contribution in [0.15, 0.2) is 53.4 Å². The lowest BCUT2D eigenvalue weighted by Gasteiger charge is -2.29. The number of rotatable bonds is 6. The summed E-state index contributed by atoms with van der Waals surface area (Å²) in [6.45, 7) is 1.59. The van der Waals surface area contributed by atoms with E-state index in [9.17, 15) is 14.0 Å². The first-order chi connectivity index (χ1) is 12.4. The lowest BCUT2D eigenvalue weighted by atomic mass is 9.95. The van der Waals surface area contributed by atoms with E-state index in [0.717, 1.165) is 4.90 Å². The van der Waals surface area contributed by atoms with Crippen molar-refractivity contribution in [2.75, 3.05) is 25.2 Å². The van der Waals surface area contributed by atoms with Crippen molar-refractivity contribution in [3.05, 3.63) is 59.9 Å². The van der Waals surface area contributed by atoms with Crippen LogP contribution in [-0.4, -0.2) is 31.7 Å². The third-order valence-electron chi connectivity index (χ3n) is 4.04. The largest absolute Gasteiger partial charge is 0.372 e. The van der Waals surface area contributed by atoms with Gasteiger partial charge in [-0.15, -0.1) is 11.8 Å². The van der Waals surface area contributed by atoms with Crippen molar-refractivity contribution in [3.63, 3.8) is 0 Å². The molecule has 0 bridgehead atoms. The smallest absolute Gasteiger partial charge is 0.313 e. The molecular weight excluding hydrogens is 355 g/mol. The summed E-state index contributed by atoms with van der Waals surface area (Å²) in [5, 5.41) is 5.09. The number of para-hydroxylation sites is 1. The van der Waals surface area contributed by atoms with Crippen LogP contribution in [0.5, 0.6) is 0 Å². The van der Waals surface area contributed by atoms with E-state index in [2.05, 4.69) is 10.6 Å². The molecule has 0 aliphatic rings. The van der Waals surface area contributed by atoms with Crippen molar-refractivity contribution in [2.24, 2.45) is 0 Å². The number of ether oxygens (including phenoxy) is 1. The quantitative estimate of drug-likeness (QED) is 0.600. The van der Waals surface area contributed by atoms with Crippen LogP contribution < -0.4 is 10.6 Å². The zero-order valence-corrected chi connectivity index (χ0v) is 15.7. The first-order valence-corrected chi connectivity index (χ1v) is 9.16. The van der Waals surface area contributed by atoms with Crippen LogP contribution in [0.2, 0.25) is 0 Å². The van der Waals surface area contributed by atoms with Crippen LogP contribution in [0.4, 0.5) is 10.1 Å². The predicted octanol–water partition coefficient (Wildman–Crippen LogP) is 3.16. The Morgan fingerprint density at radius 2 is 1.77 bits per heavy atom. The van der Waals surface area contributed by atoms with Gasteiger partial charge in [0.1, 0.15) is 11.4 Å². The SMILES string of the molecule is COC(C)(CNC(=O)C(=O)Nc1ccccc1SC)c1ccccc1F. The molecule has 0 aliphatic heterocycles. The van der Waals surface area contributed by atoms with Gasteiger partial charge in [-0.1, -0.05) is 30.3 Å². The molecule has 2 amide bonds. The lowest BCUT2D eigenvalue weighted by molar-refractivity contribution is -0.137. The molecule has 0 saturated heterocycles. The third-order valence-corrected chi connectivity index (χ3v) is 4.84. The highest BCUT2D eigenvalue weighted by atomic mass is 32.2. The maximum Gasteiger partial charge on any atom is 0.313 e. The van der Waals surface area contributed by atoms with Crippen molar-refractivity contribution < 1.29 is 18.7 Å². The van der Waals surface area contributed by atoms with Crippen molar-refractivity contribution >= 4 is 29.3 Å². The number of anilines is 1. The van der Waals surface area contributed by atoms with Crippen LogP contribution in [0, 0.1) is 5.82 Å². The second-order valence-electron chi connectivity index (χ2n) is 5.75. The number of amides is 2. The summed E-state index contributed by atoms with van der Waals surface area (Å²) in [6, 6.07) is 13.3. The Balaban J connectivity index is 2.04. The third kappa shape index (κ3) is 4.62. The summed E-state index contributed by atoms with van der Waals surface area (Å²) >= 11 is 1.46. The van der Waals surface area contributed by atoms with Gasteiger partial charge in [-0.2, -0.15) is 0 Å². The van der Waals surface area contributed by atoms with Crippen molar-refractivity contribution in [1.82, 2.24) is 5.32 Å². The van der Waals surface area contributed by atoms with Crippen molar-refractivity contribution in [1.29, 1.82) is 0 Å². The fourth-order valence-corrected chi connectivity index (χ4v) is 2.98. The second kappa shape index (κ2) is 8.82. The van der Waals surface area contributed by atoms with Gasteiger partial charge in [-0.05, 0) is 31.4 Å². The van der Waals surface area contributed by atoms with E-state index in [1.807, 2.05) is 18.4 Å². The minimum absolute atomic E-state index is 0.0547. The molecule has 1 atom stereocenters. The average Bonchev–Trinajstić information content (AvgIpc) is 2.66. The Morgan fingerprint density at radius 1 is 1.12 bits per heavy atom. The molecule has 26 heavy (non-hydrogen) atoms. The zero-order chi connectivity index (χ0) is 19.2. The van der Waals surface area contributed by atoms with Crippen molar-refractivity contribution in [3.8, 4) is 0 Å². The van der Waals surface area contributed by atoms with E-state index in [0.29, 0.717) is 11.3 Å². The molecular formula is C19H21FN2O3S. The Bertz CT molecular complexity index is 800. The topological polar surface area (TPSA) is 67.4 Å². The summed E-state index contributed by atoms with van der Waals surface area (Å²) in [5.74, 6) is -2.05. The lowest BCUT2D eigenvalue weighted by Crippen LogP contribution is -2.44. The molecule has 2 aromatic carbocycles. The number of hydrogen-bond donors (Lipinski definition) is 2. The highest BCUT2D eigenvalue weighted by molar-refractivity contribution is 7.98. The molecule has 0 spiro atoms. The van der Waals surface area contributed by atoms with Crippen LogP contribution in [-0.2, 0) is 19.9 Å². The number of benzene rings is 2. The van der Waals surface area contributed by atoms with Gasteiger partial charge < -0.3 is 15.4 Å². The number of carbonyl (C=O) groups is 2. The maximum absolute atomic E-state index is 14.1. The number of thioether (sulfide) groups is 1. The van der Waals surface area contributed by atoms with Gasteiger partial charge in [-0.3, -0.25) is 9.59 Å². The summed E-state index contributed by atoms with van der Waals surface area (Å²) < 4.78 is 19.5. The highest BCUT2D eigenvalue weighted by Crippen LogP contribution is 2.26. The molecule has 2 rings (SSSR count). The minimum Gasteiger partial charge on any atom is -0.372 e. The van der Waals surface area contributed by atoms with Gasteiger partial charge in [0.15, 0.2) is 0 Å². The Kier molecular flexibility index (Phi) is 6.76. The summed E-state index contributed by atoms with van der Waals surface area (Å²) in [4.78, 5) is 25.1. The summed E-state index contributed by atoms with van der Waals surface area (Å²) in [6.07, 6.45) is 1.88. The molecule has 0 aromatic heterocycles. The van der Waals surface area contributed by atoms with Crippen LogP contribution >= 0.6 is 11.8 Å². The molecule has 0 fully saturated rings. The monoisotopic (exact) mass is 376 g/mol.